The minimum Gasteiger partial charge on any atom is -0.480 e. The standard InChI is InChI=1S/C13H17BrN2O3/c1-13(2,3)10(11(17)18)16-12(19)15-9-6-4-8(14)5-7-9/h4-7,10H,1-3H3,(H,17,18)(H2,15,16,19)/t10-/m0/s1. The first-order valence-corrected chi connectivity index (χ1v) is 6.55. The van der Waals surface area contributed by atoms with Gasteiger partial charge in [-0.2, -0.15) is 0 Å². The Morgan fingerprint density at radius 2 is 1.74 bits per heavy atom. The Balaban J connectivity index is 2.68. The molecule has 1 aromatic rings. The van der Waals surface area contributed by atoms with Crippen LogP contribution in [0.25, 0.3) is 0 Å². The summed E-state index contributed by atoms with van der Waals surface area (Å²) in [5.41, 5.74) is 0.0295. The summed E-state index contributed by atoms with van der Waals surface area (Å²) in [5, 5.41) is 14.2. The molecule has 19 heavy (non-hydrogen) atoms. The molecule has 0 aliphatic rings. The number of hydrogen-bond acceptors (Lipinski definition) is 2. The molecule has 0 fully saturated rings. The van der Waals surface area contributed by atoms with Crippen LogP contribution in [0.15, 0.2) is 28.7 Å². The van der Waals surface area contributed by atoms with Crippen LogP contribution in [0.4, 0.5) is 10.5 Å². The predicted molar refractivity (Wildman–Crippen MR) is 77.2 cm³/mol. The Labute approximate surface area is 120 Å². The van der Waals surface area contributed by atoms with Gasteiger partial charge < -0.3 is 15.7 Å². The molecule has 0 saturated heterocycles. The molecule has 1 aromatic carbocycles. The summed E-state index contributed by atoms with van der Waals surface area (Å²) < 4.78 is 0.900. The van der Waals surface area contributed by atoms with Crippen LogP contribution in [-0.4, -0.2) is 23.1 Å². The third-order valence-electron chi connectivity index (χ3n) is 2.49. The lowest BCUT2D eigenvalue weighted by atomic mass is 9.87. The van der Waals surface area contributed by atoms with Crippen molar-refractivity contribution in [2.45, 2.75) is 26.8 Å². The molecule has 1 rings (SSSR count). The highest BCUT2D eigenvalue weighted by atomic mass is 79.9. The third-order valence-corrected chi connectivity index (χ3v) is 3.02. The van der Waals surface area contributed by atoms with Crippen molar-refractivity contribution >= 4 is 33.6 Å². The normalized spacial score (nSPS) is 12.6. The van der Waals surface area contributed by atoms with Gasteiger partial charge in [-0.25, -0.2) is 9.59 Å². The number of urea groups is 1. The van der Waals surface area contributed by atoms with E-state index in [9.17, 15) is 9.59 Å². The molecular weight excluding hydrogens is 312 g/mol. The Morgan fingerprint density at radius 1 is 1.21 bits per heavy atom. The number of carbonyl (C=O) groups is 2. The number of rotatable bonds is 3. The number of amides is 2. The van der Waals surface area contributed by atoms with Gasteiger partial charge in [0.25, 0.3) is 0 Å². The van der Waals surface area contributed by atoms with E-state index in [0.717, 1.165) is 4.47 Å². The van der Waals surface area contributed by atoms with E-state index in [1.807, 2.05) is 0 Å². The fourth-order valence-electron chi connectivity index (χ4n) is 1.48. The Bertz CT molecular complexity index is 466. The summed E-state index contributed by atoms with van der Waals surface area (Å²) in [6, 6.07) is 5.52. The lowest BCUT2D eigenvalue weighted by Crippen LogP contribution is -2.50. The molecule has 0 spiro atoms. The molecule has 0 heterocycles. The number of aliphatic carboxylic acids is 1. The largest absolute Gasteiger partial charge is 0.480 e. The summed E-state index contributed by atoms with van der Waals surface area (Å²) in [6.45, 7) is 5.27. The molecule has 0 saturated carbocycles. The highest BCUT2D eigenvalue weighted by molar-refractivity contribution is 9.10. The molecule has 3 N–H and O–H groups in total. The molecule has 0 bridgehead atoms. The summed E-state index contributed by atoms with van der Waals surface area (Å²) in [7, 11) is 0. The highest BCUT2D eigenvalue weighted by Crippen LogP contribution is 2.20. The van der Waals surface area contributed by atoms with Gasteiger partial charge in [0.05, 0.1) is 0 Å². The Kier molecular flexibility index (Phi) is 4.94. The van der Waals surface area contributed by atoms with Crippen LogP contribution in [0.2, 0.25) is 0 Å². The van der Waals surface area contributed by atoms with Crippen LogP contribution in [0, 0.1) is 5.41 Å². The fourth-order valence-corrected chi connectivity index (χ4v) is 1.74. The van der Waals surface area contributed by atoms with Crippen LogP contribution in [0.1, 0.15) is 20.8 Å². The lowest BCUT2D eigenvalue weighted by Gasteiger charge is -2.27. The van der Waals surface area contributed by atoms with Crippen molar-refractivity contribution in [1.29, 1.82) is 0 Å². The van der Waals surface area contributed by atoms with Crippen LogP contribution < -0.4 is 10.6 Å². The van der Waals surface area contributed by atoms with E-state index in [1.54, 1.807) is 45.0 Å². The van der Waals surface area contributed by atoms with Gasteiger partial charge in [-0.15, -0.1) is 0 Å². The van der Waals surface area contributed by atoms with E-state index in [1.165, 1.54) is 0 Å². The van der Waals surface area contributed by atoms with Crippen molar-refractivity contribution < 1.29 is 14.7 Å². The number of hydrogen-bond donors (Lipinski definition) is 3. The maximum absolute atomic E-state index is 11.8. The molecule has 0 radical (unpaired) electrons. The number of anilines is 1. The molecule has 5 nitrogen and oxygen atoms in total. The molecule has 0 aliphatic carbocycles. The minimum atomic E-state index is -1.06. The van der Waals surface area contributed by atoms with E-state index in [2.05, 4.69) is 26.6 Å². The number of nitrogens with one attached hydrogen (secondary N) is 2. The van der Waals surface area contributed by atoms with Crippen LogP contribution in [0.3, 0.4) is 0 Å². The molecule has 104 valence electrons. The molecule has 0 unspecified atom stereocenters. The maximum atomic E-state index is 11.8. The van der Waals surface area contributed by atoms with Gasteiger partial charge in [0, 0.05) is 10.2 Å². The zero-order valence-corrected chi connectivity index (χ0v) is 12.6. The lowest BCUT2D eigenvalue weighted by molar-refractivity contribution is -0.141. The molecule has 6 heteroatoms. The molecular formula is C13H17BrN2O3. The molecule has 0 aromatic heterocycles. The number of halogens is 1. The van der Waals surface area contributed by atoms with Crippen molar-refractivity contribution in [1.82, 2.24) is 5.32 Å². The number of carboxylic acids is 1. The summed E-state index contributed by atoms with van der Waals surface area (Å²) in [6.07, 6.45) is 0. The Morgan fingerprint density at radius 3 is 2.16 bits per heavy atom. The van der Waals surface area contributed by atoms with Crippen molar-refractivity contribution in [2.24, 2.45) is 5.41 Å². The number of carbonyl (C=O) groups excluding carboxylic acids is 1. The first kappa shape index (κ1) is 15.5. The van der Waals surface area contributed by atoms with E-state index in [4.69, 9.17) is 5.11 Å². The van der Waals surface area contributed by atoms with E-state index in [0.29, 0.717) is 5.69 Å². The second-order valence-electron chi connectivity index (χ2n) is 5.24. The first-order valence-electron chi connectivity index (χ1n) is 5.76. The predicted octanol–water partition coefficient (Wildman–Crippen LogP) is 3.07. The monoisotopic (exact) mass is 328 g/mol. The van der Waals surface area contributed by atoms with Crippen LogP contribution in [0.5, 0.6) is 0 Å². The van der Waals surface area contributed by atoms with E-state index < -0.39 is 23.5 Å². The average molecular weight is 329 g/mol. The number of carboxylic acid groups (broad SMARTS) is 1. The summed E-state index contributed by atoms with van der Waals surface area (Å²) in [5.74, 6) is -1.06. The summed E-state index contributed by atoms with van der Waals surface area (Å²) in [4.78, 5) is 22.9. The van der Waals surface area contributed by atoms with E-state index >= 15 is 0 Å². The van der Waals surface area contributed by atoms with Crippen molar-refractivity contribution in [3.8, 4) is 0 Å². The second kappa shape index (κ2) is 6.06. The smallest absolute Gasteiger partial charge is 0.326 e. The van der Waals surface area contributed by atoms with Gasteiger partial charge in [-0.1, -0.05) is 36.7 Å². The van der Waals surface area contributed by atoms with Crippen LogP contribution in [-0.2, 0) is 4.79 Å². The van der Waals surface area contributed by atoms with Crippen molar-refractivity contribution in [2.75, 3.05) is 5.32 Å². The maximum Gasteiger partial charge on any atom is 0.326 e. The summed E-state index contributed by atoms with van der Waals surface area (Å²) >= 11 is 3.29. The van der Waals surface area contributed by atoms with Crippen molar-refractivity contribution in [3.05, 3.63) is 28.7 Å². The van der Waals surface area contributed by atoms with Gasteiger partial charge in [0.2, 0.25) is 0 Å². The molecule has 1 atom stereocenters. The minimum absolute atomic E-state index is 0.537. The van der Waals surface area contributed by atoms with Gasteiger partial charge in [0.1, 0.15) is 6.04 Å². The van der Waals surface area contributed by atoms with Gasteiger partial charge >= 0.3 is 12.0 Å². The Hall–Kier alpha value is -1.56. The molecule has 2 amide bonds. The van der Waals surface area contributed by atoms with Gasteiger partial charge in [-0.3, -0.25) is 0 Å². The van der Waals surface area contributed by atoms with Gasteiger partial charge in [0.15, 0.2) is 0 Å². The van der Waals surface area contributed by atoms with Gasteiger partial charge in [-0.05, 0) is 29.7 Å². The van der Waals surface area contributed by atoms with Crippen molar-refractivity contribution in [3.63, 3.8) is 0 Å². The quantitative estimate of drug-likeness (QED) is 0.797. The zero-order chi connectivity index (χ0) is 14.6. The van der Waals surface area contributed by atoms with Crippen LogP contribution >= 0.6 is 15.9 Å². The first-order chi connectivity index (χ1) is 8.70. The third kappa shape index (κ3) is 4.90. The zero-order valence-electron chi connectivity index (χ0n) is 11.0. The molecule has 0 aliphatic heterocycles. The number of benzene rings is 1. The topological polar surface area (TPSA) is 78.4 Å². The second-order valence-corrected chi connectivity index (χ2v) is 6.16. The highest BCUT2D eigenvalue weighted by Gasteiger charge is 2.32. The van der Waals surface area contributed by atoms with E-state index in [-0.39, 0.29) is 0 Å². The SMILES string of the molecule is CC(C)(C)[C@@H](NC(=O)Nc1ccc(Br)cc1)C(=O)O. The average Bonchev–Trinajstić information content (AvgIpc) is 2.27. The fraction of sp³-hybridized carbons (Fsp3) is 0.385.